The van der Waals surface area contributed by atoms with Crippen molar-refractivity contribution in [3.05, 3.63) is 285 Å². The minimum absolute atomic E-state index is 0.454. The minimum Gasteiger partial charge on any atom is -0.307 e. The molecule has 0 saturated heterocycles. The van der Waals surface area contributed by atoms with E-state index in [1.165, 1.54) is 0 Å². The fourth-order valence-corrected chi connectivity index (χ4v) is 13.0. The highest BCUT2D eigenvalue weighted by atomic mass is 15.2. The van der Waals surface area contributed by atoms with Gasteiger partial charge < -0.3 is 4.57 Å². The van der Waals surface area contributed by atoms with Crippen molar-refractivity contribution in [3.63, 3.8) is 0 Å². The van der Waals surface area contributed by atoms with E-state index in [1.807, 2.05) is 0 Å². The van der Waals surface area contributed by atoms with Gasteiger partial charge in [0.05, 0.1) is 72.2 Å². The van der Waals surface area contributed by atoms with Crippen LogP contribution in [0.15, 0.2) is 279 Å². The molecule has 0 atom stereocenters. The van der Waals surface area contributed by atoms with E-state index in [0.717, 1.165) is 127 Å². The van der Waals surface area contributed by atoms with Gasteiger partial charge in [0.1, 0.15) is 11.6 Å². The summed E-state index contributed by atoms with van der Waals surface area (Å²) in [5, 5.41) is 15.0. The molecule has 0 saturated carbocycles. The van der Waals surface area contributed by atoms with Crippen molar-refractivity contribution in [2.75, 3.05) is 0 Å². The number of para-hydroxylation sites is 2. The van der Waals surface area contributed by atoms with E-state index in [9.17, 15) is 5.26 Å². The number of imidazole rings is 4. The number of hydrogen-bond donors (Lipinski definition) is 0. The van der Waals surface area contributed by atoms with Crippen LogP contribution >= 0.6 is 0 Å². The van der Waals surface area contributed by atoms with Crippen LogP contribution in [-0.2, 0) is 0 Å². The van der Waals surface area contributed by atoms with Crippen LogP contribution in [0.25, 0.3) is 150 Å². The Kier molecular flexibility index (Phi) is 10.2. The third kappa shape index (κ3) is 7.05. The monoisotopic (exact) mass is 1060 g/mol. The van der Waals surface area contributed by atoms with Gasteiger partial charge >= 0.3 is 0 Å². The third-order valence-corrected chi connectivity index (χ3v) is 16.7. The molecule has 5 aromatic heterocycles. The number of benzene rings is 12. The zero-order valence-electron chi connectivity index (χ0n) is 44.6. The summed E-state index contributed by atoms with van der Waals surface area (Å²) >= 11 is 0. The van der Waals surface area contributed by atoms with E-state index in [0.29, 0.717) is 28.5 Å². The van der Waals surface area contributed by atoms with Crippen molar-refractivity contribution in [1.82, 2.24) is 32.5 Å². The van der Waals surface area contributed by atoms with E-state index >= 15 is 0 Å². The molecule has 0 aliphatic carbocycles. The Hall–Kier alpha value is -11.5. The highest BCUT2D eigenvalue weighted by Gasteiger charge is 2.32. The third-order valence-electron chi connectivity index (χ3n) is 16.7. The van der Waals surface area contributed by atoms with Crippen molar-refractivity contribution in [2.45, 2.75) is 0 Å². The first kappa shape index (κ1) is 46.4. The zero-order valence-corrected chi connectivity index (χ0v) is 44.6. The number of hydrogen-bond acceptors (Lipinski definition) is 3. The molecule has 5 heterocycles. The summed E-state index contributed by atoms with van der Waals surface area (Å²) < 4.78 is 11.5. The van der Waals surface area contributed by atoms with Gasteiger partial charge in [-0.05, 0) is 117 Å². The summed E-state index contributed by atoms with van der Waals surface area (Å²) in [6.07, 6.45) is 0. The average molecular weight is 1060 g/mol. The number of aromatic nitrogens is 7. The van der Waals surface area contributed by atoms with Gasteiger partial charge in [-0.25, -0.2) is 9.97 Å². The minimum atomic E-state index is 0.454. The lowest BCUT2D eigenvalue weighted by atomic mass is 9.96. The number of fused-ring (bicyclic) bond motifs is 13. The van der Waals surface area contributed by atoms with Crippen LogP contribution in [0.2, 0.25) is 0 Å². The zero-order chi connectivity index (χ0) is 54.7. The maximum Gasteiger partial charge on any atom is 0.220 e. The molecule has 12 aromatic carbocycles. The standard InChI is InChI=1S/C75H46N8/c76-47-60-72(82-65-40-36-55(50-24-10-3-11-25-50)44-69(65)80-67-42-53(48-20-6-1-7-21-48)34-38-61(67)77-74(80)82)59(52-28-14-5-15-29-52)46-71(79-63-32-18-16-30-57(63)58-31-17-19-33-64(58)79)73(60)83-66-41-37-56(51-26-12-4-13-27-51)45-70(66)81-68-43-54(49-22-8-2-9-23-49)35-39-62(68)78-75(81)83/h1-46H. The Morgan fingerprint density at radius 1 is 0.277 bits per heavy atom. The normalized spacial score (nSPS) is 11.8. The predicted octanol–water partition coefficient (Wildman–Crippen LogP) is 18.5. The lowest BCUT2D eigenvalue weighted by molar-refractivity contribution is 1.03. The van der Waals surface area contributed by atoms with Crippen LogP contribution in [0.3, 0.4) is 0 Å². The molecule has 0 fully saturated rings. The molecule has 0 N–H and O–H groups in total. The SMILES string of the molecule is N#Cc1c(-n2c3ccc(-c4ccccc4)cc3n3c4cc(-c5ccccc5)ccc4nc23)c(-c2ccccc2)cc(-n2c3ccccc3c3ccccc32)c1-n1c2ccc(-c3ccccc3)cc2n2c3cc(-c4ccccc4)ccc3nc12. The molecule has 83 heavy (non-hydrogen) atoms. The second-order valence-electron chi connectivity index (χ2n) is 21.3. The molecule has 0 spiro atoms. The molecule has 0 amide bonds. The van der Waals surface area contributed by atoms with E-state index in [4.69, 9.17) is 9.97 Å². The lowest BCUT2D eigenvalue weighted by Gasteiger charge is -2.23. The van der Waals surface area contributed by atoms with Crippen molar-refractivity contribution in [3.8, 4) is 78.8 Å². The largest absolute Gasteiger partial charge is 0.307 e. The summed E-state index contributed by atoms with van der Waals surface area (Å²) in [6, 6.07) is 102. The Morgan fingerprint density at radius 2 is 0.639 bits per heavy atom. The number of nitrogens with zero attached hydrogens (tertiary/aromatic N) is 8. The van der Waals surface area contributed by atoms with Crippen LogP contribution in [0, 0.1) is 11.3 Å². The first-order valence-corrected chi connectivity index (χ1v) is 28.0. The van der Waals surface area contributed by atoms with Crippen LogP contribution in [-0.4, -0.2) is 32.5 Å². The number of nitriles is 1. The smallest absolute Gasteiger partial charge is 0.220 e. The first-order valence-electron chi connectivity index (χ1n) is 28.0. The van der Waals surface area contributed by atoms with Gasteiger partial charge in [0.25, 0.3) is 0 Å². The van der Waals surface area contributed by atoms with Crippen molar-refractivity contribution in [1.29, 1.82) is 5.26 Å². The molecule has 386 valence electrons. The predicted molar refractivity (Wildman–Crippen MR) is 339 cm³/mol. The summed E-state index contributed by atoms with van der Waals surface area (Å²) in [4.78, 5) is 11.3. The van der Waals surface area contributed by atoms with Crippen LogP contribution in [0.1, 0.15) is 5.56 Å². The molecule has 0 unspecified atom stereocenters. The van der Waals surface area contributed by atoms with Gasteiger partial charge in [0.2, 0.25) is 11.6 Å². The first-order chi connectivity index (χ1) is 41.1. The fourth-order valence-electron chi connectivity index (χ4n) is 13.0. The summed E-state index contributed by atoms with van der Waals surface area (Å²) in [7, 11) is 0. The van der Waals surface area contributed by atoms with E-state index < -0.39 is 0 Å². The van der Waals surface area contributed by atoms with Crippen LogP contribution < -0.4 is 0 Å². The molecule has 8 nitrogen and oxygen atoms in total. The molecular weight excluding hydrogens is 1010 g/mol. The van der Waals surface area contributed by atoms with Gasteiger partial charge in [-0.3, -0.25) is 17.9 Å². The second-order valence-corrected chi connectivity index (χ2v) is 21.3. The van der Waals surface area contributed by atoms with E-state index in [2.05, 4.69) is 308 Å². The van der Waals surface area contributed by atoms with Gasteiger partial charge in [-0.1, -0.05) is 212 Å². The molecule has 17 aromatic rings. The summed E-state index contributed by atoms with van der Waals surface area (Å²) in [6.45, 7) is 0. The Balaban J connectivity index is 1.07. The van der Waals surface area contributed by atoms with Crippen LogP contribution in [0.4, 0.5) is 0 Å². The molecule has 8 heteroatoms. The Bertz CT molecular complexity index is 5430. The van der Waals surface area contributed by atoms with E-state index in [1.54, 1.807) is 0 Å². The maximum absolute atomic E-state index is 12.8. The van der Waals surface area contributed by atoms with Gasteiger partial charge in [0.15, 0.2) is 0 Å². The second kappa shape index (κ2) is 18.3. The molecule has 17 rings (SSSR count). The lowest BCUT2D eigenvalue weighted by Crippen LogP contribution is -2.12. The maximum atomic E-state index is 12.8. The number of rotatable bonds is 8. The van der Waals surface area contributed by atoms with Crippen molar-refractivity contribution < 1.29 is 0 Å². The Labute approximate surface area is 476 Å². The molecular formula is C75H46N8. The van der Waals surface area contributed by atoms with Crippen molar-refractivity contribution >= 4 is 77.5 Å². The quantitative estimate of drug-likeness (QED) is 0.152. The summed E-state index contributed by atoms with van der Waals surface area (Å²) in [5.41, 5.74) is 22.6. The topological polar surface area (TPSA) is 73.2 Å². The van der Waals surface area contributed by atoms with Gasteiger partial charge in [-0.2, -0.15) is 5.26 Å². The highest BCUT2D eigenvalue weighted by molar-refractivity contribution is 6.10. The fraction of sp³-hybridized carbons (Fsp3) is 0. The molecule has 0 bridgehead atoms. The van der Waals surface area contributed by atoms with Gasteiger partial charge in [0, 0.05) is 16.3 Å². The summed E-state index contributed by atoms with van der Waals surface area (Å²) in [5.74, 6) is 1.36. The Morgan fingerprint density at radius 3 is 1.06 bits per heavy atom. The average Bonchev–Trinajstić information content (AvgIpc) is 1.78. The molecule has 0 aliphatic heterocycles. The highest BCUT2D eigenvalue weighted by Crippen LogP contribution is 2.46. The molecule has 0 aliphatic rings. The molecule has 0 radical (unpaired) electrons. The van der Waals surface area contributed by atoms with Crippen molar-refractivity contribution in [2.24, 2.45) is 0 Å². The van der Waals surface area contributed by atoms with Gasteiger partial charge in [-0.15, -0.1) is 0 Å². The van der Waals surface area contributed by atoms with E-state index in [-0.39, 0.29) is 0 Å². The van der Waals surface area contributed by atoms with Crippen LogP contribution in [0.5, 0.6) is 0 Å².